The van der Waals surface area contributed by atoms with E-state index in [2.05, 4.69) is 5.32 Å². The molecule has 0 radical (unpaired) electrons. The van der Waals surface area contributed by atoms with Gasteiger partial charge in [0.1, 0.15) is 17.6 Å². The number of ether oxygens (including phenoxy) is 1. The van der Waals surface area contributed by atoms with Gasteiger partial charge in [0.2, 0.25) is 5.91 Å². The molecule has 0 aliphatic rings. The Balaban J connectivity index is 2.09. The minimum Gasteiger partial charge on any atom is -0.484 e. The summed E-state index contributed by atoms with van der Waals surface area (Å²) in [7, 11) is 0. The van der Waals surface area contributed by atoms with Crippen molar-refractivity contribution in [3.8, 4) is 5.75 Å². The maximum Gasteiger partial charge on any atom is 0.261 e. The number of rotatable bonds is 10. The third-order valence-corrected chi connectivity index (χ3v) is 4.40. The first-order valence-corrected chi connectivity index (χ1v) is 9.54. The van der Waals surface area contributed by atoms with Crippen LogP contribution in [0.25, 0.3) is 0 Å². The van der Waals surface area contributed by atoms with Gasteiger partial charge < -0.3 is 15.0 Å². The lowest BCUT2D eigenvalue weighted by molar-refractivity contribution is -0.142. The van der Waals surface area contributed by atoms with Crippen molar-refractivity contribution in [2.45, 2.75) is 32.7 Å². The van der Waals surface area contributed by atoms with Crippen LogP contribution in [0.5, 0.6) is 5.75 Å². The van der Waals surface area contributed by atoms with Crippen LogP contribution in [0, 0.1) is 5.82 Å². The number of halogens is 1. The van der Waals surface area contributed by atoms with Gasteiger partial charge in [0.05, 0.1) is 0 Å². The molecular formula is C22H27FN2O3. The zero-order valence-corrected chi connectivity index (χ0v) is 16.4. The first-order valence-electron chi connectivity index (χ1n) is 9.54. The number of amides is 2. The number of hydrogen-bond donors (Lipinski definition) is 1. The summed E-state index contributed by atoms with van der Waals surface area (Å²) in [6.45, 7) is 4.42. The highest BCUT2D eigenvalue weighted by Gasteiger charge is 2.28. The molecule has 2 aromatic rings. The Morgan fingerprint density at radius 1 is 1.07 bits per heavy atom. The van der Waals surface area contributed by atoms with Gasteiger partial charge in [-0.2, -0.15) is 0 Å². The van der Waals surface area contributed by atoms with Crippen LogP contribution in [-0.2, 0) is 16.0 Å². The van der Waals surface area contributed by atoms with E-state index < -0.39 is 6.04 Å². The average Bonchev–Trinajstić information content (AvgIpc) is 2.71. The fraction of sp³-hybridized carbons (Fsp3) is 0.364. The quantitative estimate of drug-likeness (QED) is 0.682. The molecule has 0 saturated carbocycles. The highest BCUT2D eigenvalue weighted by molar-refractivity contribution is 5.88. The number of benzene rings is 2. The summed E-state index contributed by atoms with van der Waals surface area (Å²) >= 11 is 0. The summed E-state index contributed by atoms with van der Waals surface area (Å²) in [5, 5.41) is 2.79. The Bertz CT molecular complexity index is 750. The number of likely N-dealkylation sites (N-methyl/N-ethyl adjacent to an activating group) is 1. The molecule has 0 unspecified atom stereocenters. The molecule has 0 spiro atoms. The highest BCUT2D eigenvalue weighted by atomic mass is 19.1. The van der Waals surface area contributed by atoms with Gasteiger partial charge in [-0.3, -0.25) is 9.59 Å². The highest BCUT2D eigenvalue weighted by Crippen LogP contribution is 2.13. The van der Waals surface area contributed by atoms with Crippen LogP contribution < -0.4 is 10.1 Å². The Morgan fingerprint density at radius 2 is 1.75 bits per heavy atom. The van der Waals surface area contributed by atoms with Crippen LogP contribution >= 0.6 is 0 Å². The van der Waals surface area contributed by atoms with Gasteiger partial charge in [-0.05, 0) is 49.6 Å². The van der Waals surface area contributed by atoms with Crippen LogP contribution in [0.3, 0.4) is 0 Å². The van der Waals surface area contributed by atoms with Crippen LogP contribution in [0.1, 0.15) is 25.8 Å². The monoisotopic (exact) mass is 386 g/mol. The number of carbonyl (C=O) groups is 2. The predicted molar refractivity (Wildman–Crippen MR) is 107 cm³/mol. The van der Waals surface area contributed by atoms with Gasteiger partial charge in [0.15, 0.2) is 6.61 Å². The lowest BCUT2D eigenvalue weighted by Crippen LogP contribution is -2.51. The number of nitrogens with zero attached hydrogens (tertiary/aromatic N) is 1. The van der Waals surface area contributed by atoms with Gasteiger partial charge in [0.25, 0.3) is 5.91 Å². The molecule has 1 atom stereocenters. The van der Waals surface area contributed by atoms with E-state index in [9.17, 15) is 14.0 Å². The molecule has 2 amide bonds. The van der Waals surface area contributed by atoms with Crippen molar-refractivity contribution in [2.75, 3.05) is 19.7 Å². The Hall–Kier alpha value is -2.89. The van der Waals surface area contributed by atoms with E-state index in [0.717, 1.165) is 5.56 Å². The van der Waals surface area contributed by atoms with Crippen molar-refractivity contribution in [1.29, 1.82) is 0 Å². The van der Waals surface area contributed by atoms with E-state index >= 15 is 0 Å². The van der Waals surface area contributed by atoms with Crippen molar-refractivity contribution in [2.24, 2.45) is 0 Å². The third kappa shape index (κ3) is 6.37. The topological polar surface area (TPSA) is 58.6 Å². The molecule has 0 fully saturated rings. The third-order valence-electron chi connectivity index (χ3n) is 4.40. The SMILES string of the molecule is CCNC(=O)[C@H](CC)N(CCc1ccccc1)C(=O)COc1ccc(F)cc1. The molecule has 0 aliphatic carbocycles. The maximum absolute atomic E-state index is 13.0. The zero-order valence-electron chi connectivity index (χ0n) is 16.4. The minimum absolute atomic E-state index is 0.173. The van der Waals surface area contributed by atoms with E-state index in [4.69, 9.17) is 4.74 Å². The summed E-state index contributed by atoms with van der Waals surface area (Å²) in [4.78, 5) is 26.9. The van der Waals surface area contributed by atoms with Crippen LogP contribution in [0.2, 0.25) is 0 Å². The van der Waals surface area contributed by atoms with Gasteiger partial charge in [-0.1, -0.05) is 37.3 Å². The lowest BCUT2D eigenvalue weighted by Gasteiger charge is -2.30. The van der Waals surface area contributed by atoms with Crippen molar-refractivity contribution >= 4 is 11.8 Å². The average molecular weight is 386 g/mol. The summed E-state index contributed by atoms with van der Waals surface area (Å²) in [6.07, 6.45) is 1.14. The summed E-state index contributed by atoms with van der Waals surface area (Å²) in [5.41, 5.74) is 1.09. The van der Waals surface area contributed by atoms with Gasteiger partial charge in [-0.25, -0.2) is 4.39 Å². The van der Waals surface area contributed by atoms with Crippen LogP contribution in [0.15, 0.2) is 54.6 Å². The van der Waals surface area contributed by atoms with Crippen LogP contribution in [-0.4, -0.2) is 42.5 Å². The molecule has 1 N–H and O–H groups in total. The molecule has 5 nitrogen and oxygen atoms in total. The molecular weight excluding hydrogens is 359 g/mol. The molecule has 0 aliphatic heterocycles. The standard InChI is InChI=1S/C22H27FN2O3/c1-3-20(22(27)24-4-2)25(15-14-17-8-6-5-7-9-17)21(26)16-28-19-12-10-18(23)11-13-19/h5-13,20H,3-4,14-16H2,1-2H3,(H,24,27)/t20-/m0/s1. The Labute approximate surface area is 165 Å². The molecule has 2 rings (SSSR count). The van der Waals surface area contributed by atoms with Gasteiger partial charge >= 0.3 is 0 Å². The van der Waals surface area contributed by atoms with Crippen molar-refractivity contribution in [3.63, 3.8) is 0 Å². The van der Waals surface area contributed by atoms with E-state index in [0.29, 0.717) is 31.7 Å². The fourth-order valence-electron chi connectivity index (χ4n) is 2.95. The zero-order chi connectivity index (χ0) is 20.4. The summed E-state index contributed by atoms with van der Waals surface area (Å²) in [6, 6.07) is 14.7. The molecule has 6 heteroatoms. The van der Waals surface area contributed by atoms with Gasteiger partial charge in [0, 0.05) is 13.1 Å². The fourth-order valence-corrected chi connectivity index (χ4v) is 2.95. The first-order chi connectivity index (χ1) is 13.5. The molecule has 0 aromatic heterocycles. The van der Waals surface area contributed by atoms with Crippen molar-refractivity contribution < 1.29 is 18.7 Å². The largest absolute Gasteiger partial charge is 0.484 e. The molecule has 2 aromatic carbocycles. The molecule has 0 bridgehead atoms. The smallest absolute Gasteiger partial charge is 0.261 e. The first kappa shape index (κ1) is 21.4. The summed E-state index contributed by atoms with van der Waals surface area (Å²) < 4.78 is 18.5. The Morgan fingerprint density at radius 3 is 2.36 bits per heavy atom. The normalized spacial score (nSPS) is 11.5. The predicted octanol–water partition coefficient (Wildman–Crippen LogP) is 3.19. The summed E-state index contributed by atoms with van der Waals surface area (Å²) in [5.74, 6) is -0.416. The second-order valence-electron chi connectivity index (χ2n) is 6.38. The van der Waals surface area contributed by atoms with Gasteiger partial charge in [-0.15, -0.1) is 0 Å². The molecule has 0 heterocycles. The van der Waals surface area contributed by atoms with E-state index in [1.54, 1.807) is 4.90 Å². The molecule has 28 heavy (non-hydrogen) atoms. The van der Waals surface area contributed by atoms with E-state index in [1.165, 1.54) is 24.3 Å². The number of nitrogens with one attached hydrogen (secondary N) is 1. The number of carbonyl (C=O) groups excluding carboxylic acids is 2. The molecule has 0 saturated heterocycles. The number of hydrogen-bond acceptors (Lipinski definition) is 3. The van der Waals surface area contributed by atoms with Crippen molar-refractivity contribution in [3.05, 3.63) is 66.0 Å². The maximum atomic E-state index is 13.0. The van der Waals surface area contributed by atoms with E-state index in [-0.39, 0.29) is 24.2 Å². The lowest BCUT2D eigenvalue weighted by atomic mass is 10.1. The Kier molecular flexibility index (Phi) is 8.46. The second kappa shape index (κ2) is 11.1. The van der Waals surface area contributed by atoms with E-state index in [1.807, 2.05) is 44.2 Å². The second-order valence-corrected chi connectivity index (χ2v) is 6.38. The van der Waals surface area contributed by atoms with Crippen LogP contribution in [0.4, 0.5) is 4.39 Å². The molecule has 150 valence electrons. The van der Waals surface area contributed by atoms with Crippen molar-refractivity contribution in [1.82, 2.24) is 10.2 Å². The minimum atomic E-state index is -0.562.